The number of aromatic nitrogens is 2. The summed E-state index contributed by atoms with van der Waals surface area (Å²) in [6, 6.07) is 0.470. The van der Waals surface area contributed by atoms with Crippen molar-refractivity contribution in [3.05, 3.63) is 18.2 Å². The quantitative estimate of drug-likeness (QED) is 0.840. The summed E-state index contributed by atoms with van der Waals surface area (Å²) in [5, 5.41) is 0. The maximum absolute atomic E-state index is 6.10. The minimum Gasteiger partial charge on any atom is -0.330 e. The van der Waals surface area contributed by atoms with Gasteiger partial charge in [-0.15, -0.1) is 0 Å². The van der Waals surface area contributed by atoms with Gasteiger partial charge < -0.3 is 10.3 Å². The number of rotatable bonds is 5. The Kier molecular flexibility index (Phi) is 4.22. The molecule has 2 N–H and O–H groups in total. The molecule has 0 radical (unpaired) electrons. The van der Waals surface area contributed by atoms with Gasteiger partial charge in [0.05, 0.1) is 17.6 Å². The Morgan fingerprint density at radius 3 is 2.80 bits per heavy atom. The lowest BCUT2D eigenvalue weighted by atomic mass is 10.0. The summed E-state index contributed by atoms with van der Waals surface area (Å²) in [7, 11) is 0. The van der Waals surface area contributed by atoms with Crippen molar-refractivity contribution in [2.24, 2.45) is 5.73 Å². The fourth-order valence-corrected chi connectivity index (χ4v) is 2.16. The molecule has 3 nitrogen and oxygen atoms in total. The van der Waals surface area contributed by atoms with Crippen LogP contribution in [0.3, 0.4) is 0 Å². The fraction of sp³-hybridized carbons (Fsp3) is 0.727. The Balaban J connectivity index is 2.81. The molecule has 0 aliphatic heterocycles. The van der Waals surface area contributed by atoms with Crippen molar-refractivity contribution in [3.63, 3.8) is 0 Å². The monoisotopic (exact) mass is 227 g/mol. The molecule has 0 bridgehead atoms. The molecule has 1 aromatic heterocycles. The Morgan fingerprint density at radius 1 is 1.60 bits per heavy atom. The molecule has 1 aromatic rings. The van der Waals surface area contributed by atoms with Gasteiger partial charge in [0.15, 0.2) is 0 Å². The van der Waals surface area contributed by atoms with Crippen LogP contribution < -0.4 is 5.73 Å². The van der Waals surface area contributed by atoms with E-state index in [0.717, 1.165) is 12.1 Å². The minimum atomic E-state index is -0.315. The molecule has 1 atom stereocenters. The van der Waals surface area contributed by atoms with Crippen molar-refractivity contribution in [2.45, 2.75) is 38.8 Å². The molecule has 1 heterocycles. The molecule has 86 valence electrons. The van der Waals surface area contributed by atoms with E-state index in [-0.39, 0.29) is 5.54 Å². The predicted molar refractivity (Wildman–Crippen MR) is 67.2 cm³/mol. The third-order valence-electron chi connectivity index (χ3n) is 2.54. The van der Waals surface area contributed by atoms with Gasteiger partial charge in [0.2, 0.25) is 0 Å². The summed E-state index contributed by atoms with van der Waals surface area (Å²) in [6.45, 7) is 6.25. The Morgan fingerprint density at radius 2 is 2.27 bits per heavy atom. The topological polar surface area (TPSA) is 43.8 Å². The summed E-state index contributed by atoms with van der Waals surface area (Å²) in [5.41, 5.74) is 6.89. The molecule has 0 aromatic carbocycles. The fourth-order valence-electron chi connectivity index (χ4n) is 1.58. The highest BCUT2D eigenvalue weighted by Crippen LogP contribution is 2.22. The second-order valence-electron chi connectivity index (χ2n) is 4.54. The smallest absolute Gasteiger partial charge is 0.0951 e. The second kappa shape index (κ2) is 5.03. The highest BCUT2D eigenvalue weighted by atomic mass is 32.2. The first kappa shape index (κ1) is 12.6. The van der Waals surface area contributed by atoms with E-state index in [9.17, 15) is 0 Å². The van der Waals surface area contributed by atoms with Crippen LogP contribution in [0, 0.1) is 0 Å². The van der Waals surface area contributed by atoms with E-state index in [2.05, 4.69) is 22.7 Å². The first-order chi connectivity index (χ1) is 6.96. The van der Waals surface area contributed by atoms with Gasteiger partial charge in [0.1, 0.15) is 0 Å². The zero-order valence-corrected chi connectivity index (χ0v) is 10.8. The van der Waals surface area contributed by atoms with E-state index in [0.29, 0.717) is 6.04 Å². The highest BCUT2D eigenvalue weighted by molar-refractivity contribution is 7.98. The number of nitrogens with two attached hydrogens (primary N) is 1. The maximum atomic E-state index is 6.10. The summed E-state index contributed by atoms with van der Waals surface area (Å²) in [5.74, 6) is 1.17. The van der Waals surface area contributed by atoms with Crippen LogP contribution in [-0.4, -0.2) is 21.6 Å². The first-order valence-corrected chi connectivity index (χ1v) is 6.66. The normalized spacial score (nSPS) is 14.2. The van der Waals surface area contributed by atoms with E-state index in [4.69, 9.17) is 5.73 Å². The molecule has 0 aliphatic carbocycles. The SMILES string of the molecule is CSCCC(C)n1cncc1C(C)(C)N. The molecular formula is C11H21N3S. The average molecular weight is 227 g/mol. The number of thioether (sulfide) groups is 1. The average Bonchev–Trinajstić information content (AvgIpc) is 2.61. The van der Waals surface area contributed by atoms with Crippen LogP contribution in [0.5, 0.6) is 0 Å². The Labute approximate surface area is 96.5 Å². The molecule has 0 spiro atoms. The first-order valence-electron chi connectivity index (χ1n) is 5.27. The van der Waals surface area contributed by atoms with E-state index in [1.54, 1.807) is 0 Å². The van der Waals surface area contributed by atoms with Crippen LogP contribution in [0.1, 0.15) is 38.9 Å². The molecule has 4 heteroatoms. The molecule has 15 heavy (non-hydrogen) atoms. The van der Waals surface area contributed by atoms with E-state index >= 15 is 0 Å². The van der Waals surface area contributed by atoms with Gasteiger partial charge in [-0.1, -0.05) is 0 Å². The Bertz CT molecular complexity index is 301. The van der Waals surface area contributed by atoms with Gasteiger partial charge >= 0.3 is 0 Å². The van der Waals surface area contributed by atoms with Crippen molar-refractivity contribution < 1.29 is 0 Å². The Hall–Kier alpha value is -0.480. The standard InChI is InChI=1S/C11H21N3S/c1-9(5-6-15-4)14-8-13-7-10(14)11(2,3)12/h7-9H,5-6,12H2,1-4H3. The molecule has 0 fully saturated rings. The molecule has 0 aliphatic rings. The van der Waals surface area contributed by atoms with E-state index in [1.165, 1.54) is 5.75 Å². The highest BCUT2D eigenvalue weighted by Gasteiger charge is 2.21. The number of imidazole rings is 1. The summed E-state index contributed by atoms with van der Waals surface area (Å²) >= 11 is 1.88. The summed E-state index contributed by atoms with van der Waals surface area (Å²) in [6.07, 6.45) is 7.04. The van der Waals surface area contributed by atoms with Crippen molar-refractivity contribution in [1.29, 1.82) is 0 Å². The van der Waals surface area contributed by atoms with Crippen LogP contribution in [0.25, 0.3) is 0 Å². The van der Waals surface area contributed by atoms with Crippen LogP contribution in [-0.2, 0) is 5.54 Å². The van der Waals surface area contributed by atoms with Gasteiger partial charge in [-0.05, 0) is 39.2 Å². The number of nitrogens with zero attached hydrogens (tertiary/aromatic N) is 2. The van der Waals surface area contributed by atoms with E-state index < -0.39 is 0 Å². The van der Waals surface area contributed by atoms with Crippen LogP contribution in [0.2, 0.25) is 0 Å². The maximum Gasteiger partial charge on any atom is 0.0951 e. The van der Waals surface area contributed by atoms with Gasteiger partial charge in [-0.25, -0.2) is 4.98 Å². The van der Waals surface area contributed by atoms with Crippen LogP contribution in [0.15, 0.2) is 12.5 Å². The third-order valence-corrected chi connectivity index (χ3v) is 3.18. The third kappa shape index (κ3) is 3.24. The van der Waals surface area contributed by atoms with Crippen molar-refractivity contribution in [1.82, 2.24) is 9.55 Å². The molecule has 0 saturated carbocycles. The lowest BCUT2D eigenvalue weighted by Crippen LogP contribution is -2.32. The van der Waals surface area contributed by atoms with Gasteiger partial charge in [-0.2, -0.15) is 11.8 Å². The largest absolute Gasteiger partial charge is 0.330 e. The lowest BCUT2D eigenvalue weighted by Gasteiger charge is -2.24. The number of hydrogen-bond acceptors (Lipinski definition) is 3. The van der Waals surface area contributed by atoms with Crippen LogP contribution >= 0.6 is 11.8 Å². The molecule has 1 rings (SSSR count). The van der Waals surface area contributed by atoms with E-state index in [1.807, 2.05) is 38.1 Å². The summed E-state index contributed by atoms with van der Waals surface area (Å²) < 4.78 is 2.19. The van der Waals surface area contributed by atoms with Crippen LogP contribution in [0.4, 0.5) is 0 Å². The zero-order valence-electron chi connectivity index (χ0n) is 10.0. The lowest BCUT2D eigenvalue weighted by molar-refractivity contribution is 0.444. The van der Waals surface area contributed by atoms with Crippen molar-refractivity contribution >= 4 is 11.8 Å². The van der Waals surface area contributed by atoms with Gasteiger partial charge in [0.25, 0.3) is 0 Å². The van der Waals surface area contributed by atoms with Gasteiger partial charge in [0, 0.05) is 12.2 Å². The zero-order chi connectivity index (χ0) is 11.5. The van der Waals surface area contributed by atoms with Gasteiger partial charge in [-0.3, -0.25) is 0 Å². The molecule has 1 unspecified atom stereocenters. The predicted octanol–water partition coefficient (Wildman–Crippen LogP) is 2.39. The number of hydrogen-bond donors (Lipinski definition) is 1. The summed E-state index contributed by atoms with van der Waals surface area (Å²) in [4.78, 5) is 4.19. The minimum absolute atomic E-state index is 0.315. The molecular weight excluding hydrogens is 206 g/mol. The molecule has 0 saturated heterocycles. The second-order valence-corrected chi connectivity index (χ2v) is 5.52. The molecule has 0 amide bonds. The van der Waals surface area contributed by atoms with Crippen molar-refractivity contribution in [3.8, 4) is 0 Å². The van der Waals surface area contributed by atoms with Crippen molar-refractivity contribution in [2.75, 3.05) is 12.0 Å².